The fourth-order valence-electron chi connectivity index (χ4n) is 5.18. The number of amides is 1. The van der Waals surface area contributed by atoms with Gasteiger partial charge in [0.25, 0.3) is 0 Å². The molecule has 0 radical (unpaired) electrons. The second-order valence-corrected chi connectivity index (χ2v) is 8.43. The summed E-state index contributed by atoms with van der Waals surface area (Å²) in [6.45, 7) is 6.30. The van der Waals surface area contributed by atoms with Gasteiger partial charge in [-0.25, -0.2) is 4.39 Å². The molecular weight excluding hydrogens is 351 g/mol. The molecule has 4 rings (SSSR count). The minimum absolute atomic E-state index is 0.0538. The summed E-state index contributed by atoms with van der Waals surface area (Å²) in [5, 5.41) is 17.4. The van der Waals surface area contributed by atoms with Gasteiger partial charge in [-0.15, -0.1) is 0 Å². The molecule has 4 heterocycles. The summed E-state index contributed by atoms with van der Waals surface area (Å²) in [4.78, 5) is 13.1. The lowest BCUT2D eigenvalue weighted by Gasteiger charge is -2.43. The zero-order chi connectivity index (χ0) is 19.0. The molecule has 27 heavy (non-hydrogen) atoms. The van der Waals surface area contributed by atoms with E-state index in [0.29, 0.717) is 22.9 Å². The number of rotatable bonds is 3. The molecule has 4 aliphatic rings. The molecule has 0 aromatic carbocycles. The Hall–Kier alpha value is -0.880. The van der Waals surface area contributed by atoms with Crippen LogP contribution in [-0.2, 0) is 4.79 Å². The van der Waals surface area contributed by atoms with Crippen LogP contribution in [0, 0.1) is 17.8 Å². The predicted octanol–water partition coefficient (Wildman–Crippen LogP) is -3.41. The summed E-state index contributed by atoms with van der Waals surface area (Å²) < 4.78 is 13.6. The number of fused-ring (bicyclic) bond motifs is 1. The van der Waals surface area contributed by atoms with Crippen LogP contribution < -0.4 is 37.3 Å². The fraction of sp³-hybridized carbons (Fsp3) is 0.941. The minimum Gasteiger partial charge on any atom is -0.436 e. The lowest BCUT2D eigenvalue weighted by atomic mass is 9.79. The molecule has 4 aliphatic heterocycles. The lowest BCUT2D eigenvalue weighted by Crippen LogP contribution is -3.15. The molecule has 1 amide bonds. The van der Waals surface area contributed by atoms with Crippen LogP contribution in [0.3, 0.4) is 0 Å². The first-order chi connectivity index (χ1) is 13.0. The first-order valence-electron chi connectivity index (χ1n) is 10.2. The second kappa shape index (κ2) is 8.24. The first-order valence-corrected chi connectivity index (χ1v) is 10.2. The van der Waals surface area contributed by atoms with Gasteiger partial charge in [-0.05, 0) is 31.0 Å². The number of quaternary nitrogens is 1. The Labute approximate surface area is 159 Å². The van der Waals surface area contributed by atoms with Gasteiger partial charge in [-0.1, -0.05) is 6.92 Å². The predicted molar refractivity (Wildman–Crippen MR) is 99.2 cm³/mol. The summed E-state index contributed by atoms with van der Waals surface area (Å²) >= 11 is 0. The van der Waals surface area contributed by atoms with Crippen LogP contribution in [0.5, 0.6) is 0 Å². The molecule has 4 fully saturated rings. The average Bonchev–Trinajstić information content (AvgIpc) is 2.97. The molecule has 154 valence electrons. The van der Waals surface area contributed by atoms with Gasteiger partial charge < -0.3 is 37.4 Å². The van der Waals surface area contributed by atoms with Gasteiger partial charge in [0.1, 0.15) is 18.6 Å². The van der Waals surface area contributed by atoms with E-state index in [1.807, 2.05) is 0 Å². The molecule has 9 unspecified atom stereocenters. The van der Waals surface area contributed by atoms with Crippen molar-refractivity contribution in [3.05, 3.63) is 5.43 Å². The van der Waals surface area contributed by atoms with Gasteiger partial charge in [0.05, 0.1) is 0 Å². The van der Waals surface area contributed by atoms with Crippen molar-refractivity contribution in [2.24, 2.45) is 23.5 Å². The number of halogens is 1. The average molecular weight is 385 g/mol. The largest absolute Gasteiger partial charge is 0.436 e. The minimum atomic E-state index is -0.951. The van der Waals surface area contributed by atoms with Gasteiger partial charge in [-0.2, -0.15) is 0 Å². The van der Waals surface area contributed by atoms with Gasteiger partial charge in [0, 0.05) is 38.4 Å². The first kappa shape index (κ1) is 19.4. The van der Waals surface area contributed by atoms with Gasteiger partial charge >= 0.3 is 0 Å². The Balaban J connectivity index is 1.42. The van der Waals surface area contributed by atoms with Crippen LogP contribution in [0.25, 0.3) is 5.43 Å². The smallest absolute Gasteiger partial charge is 0.230 e. The lowest BCUT2D eigenvalue weighted by molar-refractivity contribution is -0.891. The van der Waals surface area contributed by atoms with Crippen LogP contribution in [-0.4, -0.2) is 75.9 Å². The zero-order valence-electron chi connectivity index (χ0n) is 15.9. The Morgan fingerprint density at radius 3 is 2.93 bits per heavy atom. The van der Waals surface area contributed by atoms with Crippen molar-refractivity contribution in [3.63, 3.8) is 0 Å². The maximum absolute atomic E-state index is 13.6. The van der Waals surface area contributed by atoms with E-state index in [-0.39, 0.29) is 31.2 Å². The monoisotopic (exact) mass is 384 g/mol. The number of carbonyl (C=O) groups is 1. The molecule has 0 bridgehead atoms. The van der Waals surface area contributed by atoms with Crippen LogP contribution in [0.2, 0.25) is 0 Å². The molecule has 9 nitrogen and oxygen atoms in total. The Kier molecular flexibility index (Phi) is 5.93. The van der Waals surface area contributed by atoms with Crippen LogP contribution >= 0.6 is 0 Å². The van der Waals surface area contributed by atoms with Crippen molar-refractivity contribution in [3.8, 4) is 0 Å². The fourth-order valence-corrected chi connectivity index (χ4v) is 5.18. The van der Waals surface area contributed by atoms with Crippen molar-refractivity contribution in [1.29, 1.82) is 0 Å². The zero-order valence-corrected chi connectivity index (χ0v) is 15.9. The van der Waals surface area contributed by atoms with E-state index in [0.717, 1.165) is 32.7 Å². The summed E-state index contributed by atoms with van der Waals surface area (Å²) in [5.74, 6) is 0.344. The third-order valence-electron chi connectivity index (χ3n) is 6.56. The van der Waals surface area contributed by atoms with E-state index in [2.05, 4.69) is 38.9 Å². The van der Waals surface area contributed by atoms with E-state index < -0.39 is 18.3 Å². The van der Waals surface area contributed by atoms with E-state index in [4.69, 9.17) is 5.73 Å². The summed E-state index contributed by atoms with van der Waals surface area (Å²) in [5.41, 5.74) is 10.5. The third-order valence-corrected chi connectivity index (χ3v) is 6.56. The quantitative estimate of drug-likeness (QED) is 0.272. The van der Waals surface area contributed by atoms with E-state index in [9.17, 15) is 9.18 Å². The molecule has 8 N–H and O–H groups in total. The molecule has 0 aromatic rings. The SMILES string of the molecule is CC1CNCNC1C1CCNCC1NC(=O)C1C(N)[N-][NH+]2CC(F)CNC12. The number of piperidine rings is 1. The van der Waals surface area contributed by atoms with Crippen molar-refractivity contribution in [2.75, 3.05) is 39.4 Å². The van der Waals surface area contributed by atoms with E-state index >= 15 is 0 Å². The van der Waals surface area contributed by atoms with Gasteiger partial charge in [0.15, 0.2) is 6.17 Å². The maximum atomic E-state index is 13.6. The standard InChI is InChI=1S/C17H33FN8O/c1-9-4-21-8-23-14(9)11-2-3-20-6-12(11)24-17(27)13-15(19)25-26-7-10(18)5-22-16(13)26/h9-16,20-23,26H,2-8,19H2,1H3,(H,24,27). The Morgan fingerprint density at radius 1 is 1.26 bits per heavy atom. The van der Waals surface area contributed by atoms with Gasteiger partial charge in [-0.3, -0.25) is 10.1 Å². The molecule has 0 aliphatic carbocycles. The molecule has 0 saturated carbocycles. The molecule has 0 aromatic heterocycles. The summed E-state index contributed by atoms with van der Waals surface area (Å²) in [6.07, 6.45) is -0.767. The summed E-state index contributed by atoms with van der Waals surface area (Å²) in [6, 6.07) is 0.431. The van der Waals surface area contributed by atoms with Crippen molar-refractivity contribution in [2.45, 2.75) is 43.9 Å². The van der Waals surface area contributed by atoms with Crippen LogP contribution in [0.1, 0.15) is 13.3 Å². The number of carbonyl (C=O) groups excluding carboxylic acids is 1. The van der Waals surface area contributed by atoms with Crippen LogP contribution in [0.4, 0.5) is 4.39 Å². The van der Waals surface area contributed by atoms with E-state index in [1.165, 1.54) is 0 Å². The molecule has 9 atom stereocenters. The number of hydrogen-bond acceptors (Lipinski definition) is 6. The van der Waals surface area contributed by atoms with Gasteiger partial charge in [0.2, 0.25) is 5.91 Å². The molecular formula is C17H33FN8O. The highest BCUT2D eigenvalue weighted by molar-refractivity contribution is 5.81. The van der Waals surface area contributed by atoms with Crippen molar-refractivity contribution in [1.82, 2.24) is 26.6 Å². The second-order valence-electron chi connectivity index (χ2n) is 8.43. The molecule has 4 saturated heterocycles. The molecule has 0 spiro atoms. The highest BCUT2D eigenvalue weighted by atomic mass is 19.1. The highest BCUT2D eigenvalue weighted by Crippen LogP contribution is 2.25. The highest BCUT2D eigenvalue weighted by Gasteiger charge is 2.46. The van der Waals surface area contributed by atoms with Crippen molar-refractivity contribution < 1.29 is 14.2 Å². The number of hydrogen-bond donors (Lipinski definition) is 7. The Bertz CT molecular complexity index is 539. The number of nitrogens with zero attached hydrogens (tertiary/aromatic N) is 1. The normalized spacial score (nSPS) is 48.0. The molecule has 10 heteroatoms. The third kappa shape index (κ3) is 3.98. The number of alkyl halides is 1. The summed E-state index contributed by atoms with van der Waals surface area (Å²) in [7, 11) is 0. The van der Waals surface area contributed by atoms with Crippen LogP contribution in [0.15, 0.2) is 0 Å². The number of nitrogens with one attached hydrogen (secondary N) is 6. The topological polar surface area (TPSA) is 122 Å². The number of nitrogens with two attached hydrogens (primary N) is 1. The Morgan fingerprint density at radius 2 is 2.11 bits per heavy atom. The van der Waals surface area contributed by atoms with Crippen molar-refractivity contribution >= 4 is 5.91 Å². The maximum Gasteiger partial charge on any atom is 0.230 e. The van der Waals surface area contributed by atoms with E-state index in [1.54, 1.807) is 0 Å².